The highest BCUT2D eigenvalue weighted by atomic mass is 79.9. The first-order chi connectivity index (χ1) is 8.58. The highest BCUT2D eigenvalue weighted by molar-refractivity contribution is 9.10. The fourth-order valence-corrected chi connectivity index (χ4v) is 2.61. The molecule has 0 spiro atoms. The van der Waals surface area contributed by atoms with Gasteiger partial charge in [-0.15, -0.1) is 0 Å². The zero-order valence-electron chi connectivity index (χ0n) is 11.1. The van der Waals surface area contributed by atoms with Gasteiger partial charge in [-0.3, -0.25) is 0 Å². The van der Waals surface area contributed by atoms with Crippen LogP contribution >= 0.6 is 15.9 Å². The predicted octanol–water partition coefficient (Wildman–Crippen LogP) is 4.70. The molecule has 2 aromatic rings. The van der Waals surface area contributed by atoms with Gasteiger partial charge in [0.25, 0.3) is 0 Å². The van der Waals surface area contributed by atoms with Crippen molar-refractivity contribution < 1.29 is 0 Å². The van der Waals surface area contributed by atoms with Crippen molar-refractivity contribution in [3.8, 4) is 0 Å². The van der Waals surface area contributed by atoms with E-state index in [2.05, 4.69) is 78.1 Å². The lowest BCUT2D eigenvalue weighted by molar-refractivity contribution is 0.912. The summed E-state index contributed by atoms with van der Waals surface area (Å²) in [6, 6.07) is 15.0. The second-order valence-electron chi connectivity index (χ2n) is 4.74. The van der Waals surface area contributed by atoms with Crippen LogP contribution in [0.3, 0.4) is 0 Å². The minimum Gasteiger partial charge on any atom is -0.370 e. The number of hydrogen-bond donors (Lipinski definition) is 0. The summed E-state index contributed by atoms with van der Waals surface area (Å²) in [6.45, 7) is 5.20. The van der Waals surface area contributed by atoms with Gasteiger partial charge in [0.05, 0.1) is 0 Å². The molecule has 0 radical (unpaired) electrons. The average Bonchev–Trinajstić information content (AvgIpc) is 2.32. The summed E-state index contributed by atoms with van der Waals surface area (Å²) in [6.07, 6.45) is 0. The van der Waals surface area contributed by atoms with Crippen molar-refractivity contribution in [1.29, 1.82) is 0 Å². The van der Waals surface area contributed by atoms with Gasteiger partial charge in [0.2, 0.25) is 0 Å². The molecule has 2 aromatic carbocycles. The summed E-state index contributed by atoms with van der Waals surface area (Å²) in [5.41, 5.74) is 5.23. The molecule has 0 aliphatic heterocycles. The third kappa shape index (κ3) is 2.94. The number of anilines is 1. The second kappa shape index (κ2) is 5.57. The van der Waals surface area contributed by atoms with Crippen molar-refractivity contribution in [3.05, 3.63) is 63.6 Å². The Morgan fingerprint density at radius 3 is 2.44 bits per heavy atom. The molecular formula is C16H18BrN. The van der Waals surface area contributed by atoms with E-state index in [1.807, 2.05) is 6.07 Å². The topological polar surface area (TPSA) is 3.24 Å². The molecule has 18 heavy (non-hydrogen) atoms. The number of rotatable bonds is 3. The van der Waals surface area contributed by atoms with Gasteiger partial charge in [0, 0.05) is 23.8 Å². The first-order valence-electron chi connectivity index (χ1n) is 6.09. The molecule has 0 aliphatic carbocycles. The number of nitrogens with zero attached hydrogens (tertiary/aromatic N) is 1. The van der Waals surface area contributed by atoms with E-state index in [4.69, 9.17) is 0 Å². The van der Waals surface area contributed by atoms with Crippen LogP contribution in [0.5, 0.6) is 0 Å². The standard InChI is InChI=1S/C16H18BrN/c1-12-8-9-16(13(2)10-12)18(3)11-14-6-4-5-7-15(14)17/h4-10H,11H2,1-3H3. The SMILES string of the molecule is Cc1ccc(N(C)Cc2ccccc2Br)c(C)c1. The van der Waals surface area contributed by atoms with Gasteiger partial charge < -0.3 is 4.90 Å². The summed E-state index contributed by atoms with van der Waals surface area (Å²) in [7, 11) is 2.14. The van der Waals surface area contributed by atoms with Crippen molar-refractivity contribution in [1.82, 2.24) is 0 Å². The minimum absolute atomic E-state index is 0.908. The number of hydrogen-bond acceptors (Lipinski definition) is 1. The zero-order valence-corrected chi connectivity index (χ0v) is 12.7. The molecule has 2 heteroatoms. The van der Waals surface area contributed by atoms with Crippen LogP contribution < -0.4 is 4.90 Å². The molecular weight excluding hydrogens is 286 g/mol. The summed E-state index contributed by atoms with van der Waals surface area (Å²) < 4.78 is 1.17. The Kier molecular flexibility index (Phi) is 4.07. The molecule has 0 bridgehead atoms. The van der Waals surface area contributed by atoms with Crippen molar-refractivity contribution >= 4 is 21.6 Å². The maximum atomic E-state index is 3.60. The van der Waals surface area contributed by atoms with E-state index < -0.39 is 0 Å². The van der Waals surface area contributed by atoms with Crippen LogP contribution in [0.4, 0.5) is 5.69 Å². The number of halogens is 1. The van der Waals surface area contributed by atoms with Gasteiger partial charge in [-0.1, -0.05) is 51.8 Å². The fraction of sp³-hybridized carbons (Fsp3) is 0.250. The molecule has 0 heterocycles. The largest absolute Gasteiger partial charge is 0.370 e. The summed E-state index contributed by atoms with van der Waals surface area (Å²) >= 11 is 3.60. The van der Waals surface area contributed by atoms with Crippen LogP contribution in [0.25, 0.3) is 0 Å². The first kappa shape index (κ1) is 13.2. The van der Waals surface area contributed by atoms with Gasteiger partial charge in [-0.05, 0) is 37.1 Å². The third-order valence-corrected chi connectivity index (χ3v) is 3.90. The van der Waals surface area contributed by atoms with Crippen molar-refractivity contribution in [2.75, 3.05) is 11.9 Å². The molecule has 0 amide bonds. The van der Waals surface area contributed by atoms with Gasteiger partial charge in [-0.25, -0.2) is 0 Å². The van der Waals surface area contributed by atoms with Crippen LogP contribution in [0, 0.1) is 13.8 Å². The summed E-state index contributed by atoms with van der Waals surface area (Å²) in [4.78, 5) is 2.29. The van der Waals surface area contributed by atoms with Crippen molar-refractivity contribution in [2.24, 2.45) is 0 Å². The lowest BCUT2D eigenvalue weighted by atomic mass is 10.1. The molecule has 0 fully saturated rings. The molecule has 0 atom stereocenters. The molecule has 1 nitrogen and oxygen atoms in total. The van der Waals surface area contributed by atoms with Crippen LogP contribution in [-0.2, 0) is 6.54 Å². The minimum atomic E-state index is 0.908. The maximum Gasteiger partial charge on any atom is 0.0437 e. The van der Waals surface area contributed by atoms with E-state index in [0.717, 1.165) is 6.54 Å². The van der Waals surface area contributed by atoms with Crippen molar-refractivity contribution in [2.45, 2.75) is 20.4 Å². The van der Waals surface area contributed by atoms with E-state index in [0.29, 0.717) is 0 Å². The molecule has 0 saturated heterocycles. The molecule has 0 unspecified atom stereocenters. The summed E-state index contributed by atoms with van der Waals surface area (Å²) in [5, 5.41) is 0. The number of benzene rings is 2. The Morgan fingerprint density at radius 1 is 1.06 bits per heavy atom. The van der Waals surface area contributed by atoms with E-state index in [9.17, 15) is 0 Å². The smallest absolute Gasteiger partial charge is 0.0437 e. The van der Waals surface area contributed by atoms with Gasteiger partial charge in [-0.2, -0.15) is 0 Å². The highest BCUT2D eigenvalue weighted by Gasteiger charge is 2.07. The van der Waals surface area contributed by atoms with E-state index in [1.165, 1.54) is 26.9 Å². The zero-order chi connectivity index (χ0) is 13.1. The summed E-state index contributed by atoms with van der Waals surface area (Å²) in [5.74, 6) is 0. The van der Waals surface area contributed by atoms with Crippen LogP contribution in [-0.4, -0.2) is 7.05 Å². The Balaban J connectivity index is 2.22. The van der Waals surface area contributed by atoms with Gasteiger partial charge in [0.1, 0.15) is 0 Å². The third-order valence-electron chi connectivity index (χ3n) is 3.13. The predicted molar refractivity (Wildman–Crippen MR) is 82.2 cm³/mol. The fourth-order valence-electron chi connectivity index (χ4n) is 2.20. The van der Waals surface area contributed by atoms with Crippen molar-refractivity contribution in [3.63, 3.8) is 0 Å². The Hall–Kier alpha value is -1.28. The molecule has 0 saturated carbocycles. The van der Waals surface area contributed by atoms with E-state index in [-0.39, 0.29) is 0 Å². The molecule has 0 N–H and O–H groups in total. The Bertz CT molecular complexity index is 549. The highest BCUT2D eigenvalue weighted by Crippen LogP contribution is 2.24. The lowest BCUT2D eigenvalue weighted by Crippen LogP contribution is -2.17. The second-order valence-corrected chi connectivity index (χ2v) is 5.59. The van der Waals surface area contributed by atoms with Crippen LogP contribution in [0.2, 0.25) is 0 Å². The average molecular weight is 304 g/mol. The molecule has 94 valence electrons. The van der Waals surface area contributed by atoms with E-state index >= 15 is 0 Å². The maximum absolute atomic E-state index is 3.60. The Labute approximate surface area is 118 Å². The molecule has 0 aliphatic rings. The van der Waals surface area contributed by atoms with Crippen LogP contribution in [0.1, 0.15) is 16.7 Å². The Morgan fingerprint density at radius 2 is 1.78 bits per heavy atom. The van der Waals surface area contributed by atoms with Gasteiger partial charge >= 0.3 is 0 Å². The molecule has 2 rings (SSSR count). The first-order valence-corrected chi connectivity index (χ1v) is 6.89. The normalized spacial score (nSPS) is 10.4. The quantitative estimate of drug-likeness (QED) is 0.794. The monoisotopic (exact) mass is 303 g/mol. The van der Waals surface area contributed by atoms with Gasteiger partial charge in [0.15, 0.2) is 0 Å². The van der Waals surface area contributed by atoms with Crippen LogP contribution in [0.15, 0.2) is 46.9 Å². The van der Waals surface area contributed by atoms with E-state index in [1.54, 1.807) is 0 Å². The molecule has 0 aromatic heterocycles. The number of aryl methyl sites for hydroxylation is 2. The lowest BCUT2D eigenvalue weighted by Gasteiger charge is -2.22.